The van der Waals surface area contributed by atoms with Gasteiger partial charge in [0.2, 0.25) is 0 Å². The molecule has 0 saturated carbocycles. The van der Waals surface area contributed by atoms with Crippen LogP contribution in [-0.4, -0.2) is 22.8 Å². The molecule has 0 aromatic heterocycles. The van der Waals surface area contributed by atoms with E-state index in [-0.39, 0.29) is 17.0 Å². The van der Waals surface area contributed by atoms with Crippen molar-refractivity contribution in [3.05, 3.63) is 35.9 Å². The van der Waals surface area contributed by atoms with Gasteiger partial charge in [0.25, 0.3) is 0 Å². The molecule has 3 heteroatoms. The summed E-state index contributed by atoms with van der Waals surface area (Å²) in [6.07, 6.45) is 2.54. The van der Waals surface area contributed by atoms with Crippen LogP contribution in [0, 0.1) is 0 Å². The van der Waals surface area contributed by atoms with Crippen molar-refractivity contribution in [2.24, 2.45) is 0 Å². The first-order valence-electron chi connectivity index (χ1n) is 6.08. The quantitative estimate of drug-likeness (QED) is 0.502. The third-order valence-corrected chi connectivity index (χ3v) is 3.35. The highest BCUT2D eigenvalue weighted by Crippen LogP contribution is 2.09. The fraction of sp³-hybridized carbons (Fsp3) is 0.571. The van der Waals surface area contributed by atoms with Crippen molar-refractivity contribution in [3.63, 3.8) is 0 Å². The minimum Gasteiger partial charge on any atom is -0.297 e. The maximum absolute atomic E-state index is 3.48. The maximum atomic E-state index is 3.48. The zero-order valence-corrected chi connectivity index (χ0v) is 14.0. The zero-order chi connectivity index (χ0) is 11.8. The van der Waals surface area contributed by atoms with Crippen LogP contribution in [0.5, 0.6) is 0 Å². The third kappa shape index (κ3) is 7.22. The van der Waals surface area contributed by atoms with E-state index in [9.17, 15) is 0 Å². The van der Waals surface area contributed by atoms with E-state index in [1.165, 1.54) is 24.9 Å². The summed E-state index contributed by atoms with van der Waals surface area (Å²) in [4.78, 5) is 2.54. The molecular weight excluding hydrogens is 342 g/mol. The molecule has 0 atom stereocenters. The summed E-state index contributed by atoms with van der Waals surface area (Å²) in [7, 11) is 0. The van der Waals surface area contributed by atoms with Crippen LogP contribution in [0.25, 0.3) is 0 Å². The van der Waals surface area contributed by atoms with Crippen LogP contribution in [0.2, 0.25) is 0 Å². The predicted molar refractivity (Wildman–Crippen MR) is 85.3 cm³/mol. The van der Waals surface area contributed by atoms with Gasteiger partial charge in [-0.2, -0.15) is 0 Å². The lowest BCUT2D eigenvalue weighted by molar-refractivity contribution is 0.210. The molecule has 1 rings (SSSR count). The lowest BCUT2D eigenvalue weighted by Crippen LogP contribution is -2.31. The van der Waals surface area contributed by atoms with Gasteiger partial charge in [-0.15, -0.1) is 17.0 Å². The number of nitrogens with zero attached hydrogens (tertiary/aromatic N) is 1. The summed E-state index contributed by atoms with van der Waals surface area (Å²) in [5.41, 5.74) is 1.41. The minimum absolute atomic E-state index is 0. The first-order chi connectivity index (χ1) is 7.74. The number of benzene rings is 1. The van der Waals surface area contributed by atoms with E-state index in [4.69, 9.17) is 0 Å². The number of unbranched alkanes of at least 4 members (excludes halogenated alkanes) is 1. The normalized spacial score (nSPS) is 10.6. The second-order valence-corrected chi connectivity index (χ2v) is 5.24. The number of hydrogen-bond donors (Lipinski definition) is 0. The lowest BCUT2D eigenvalue weighted by Gasteiger charge is -2.26. The van der Waals surface area contributed by atoms with Crippen LogP contribution in [0.1, 0.15) is 32.3 Å². The van der Waals surface area contributed by atoms with Crippen molar-refractivity contribution >= 4 is 32.9 Å². The summed E-state index contributed by atoms with van der Waals surface area (Å²) >= 11 is 3.48. The molecule has 0 spiro atoms. The Morgan fingerprint density at radius 1 is 1.12 bits per heavy atom. The Bertz CT molecular complexity index is 275. The van der Waals surface area contributed by atoms with Crippen molar-refractivity contribution in [2.45, 2.75) is 39.3 Å². The van der Waals surface area contributed by atoms with Gasteiger partial charge in [-0.05, 0) is 38.8 Å². The summed E-state index contributed by atoms with van der Waals surface area (Å²) < 4.78 is 0. The number of hydrogen-bond acceptors (Lipinski definition) is 1. The molecule has 0 heterocycles. The molecule has 1 aromatic rings. The monoisotopic (exact) mass is 363 g/mol. The standard InChI is InChI=1S/C14H22BrN.BrH/c1-13(2)16(11-7-6-10-15)12-14-8-4-3-5-9-14;/h3-5,8-9,13H,6-7,10-12H2,1-2H3;1H. The molecule has 0 radical (unpaired) electrons. The highest BCUT2D eigenvalue weighted by atomic mass is 79.9. The molecule has 98 valence electrons. The first-order valence-corrected chi connectivity index (χ1v) is 7.20. The predicted octanol–water partition coefficient (Wildman–Crippen LogP) is 4.65. The van der Waals surface area contributed by atoms with E-state index in [1.807, 2.05) is 0 Å². The van der Waals surface area contributed by atoms with Gasteiger partial charge in [0.05, 0.1) is 0 Å². The number of rotatable bonds is 7. The zero-order valence-electron chi connectivity index (χ0n) is 10.7. The average Bonchev–Trinajstić information content (AvgIpc) is 2.29. The summed E-state index contributed by atoms with van der Waals surface area (Å²) in [5, 5.41) is 1.12. The van der Waals surface area contributed by atoms with Gasteiger partial charge in [-0.1, -0.05) is 46.3 Å². The fourth-order valence-corrected chi connectivity index (χ4v) is 2.14. The Morgan fingerprint density at radius 3 is 2.29 bits per heavy atom. The van der Waals surface area contributed by atoms with Gasteiger partial charge < -0.3 is 0 Å². The van der Waals surface area contributed by atoms with E-state index in [2.05, 4.69) is 65.0 Å². The Labute approximate surface area is 124 Å². The van der Waals surface area contributed by atoms with Crippen molar-refractivity contribution < 1.29 is 0 Å². The Morgan fingerprint density at radius 2 is 1.76 bits per heavy atom. The van der Waals surface area contributed by atoms with Crippen LogP contribution >= 0.6 is 32.9 Å². The average molecular weight is 365 g/mol. The van der Waals surface area contributed by atoms with Crippen LogP contribution in [0.3, 0.4) is 0 Å². The summed E-state index contributed by atoms with van der Waals surface area (Å²) in [5.74, 6) is 0. The molecule has 0 aliphatic carbocycles. The smallest absolute Gasteiger partial charge is 0.0236 e. The fourth-order valence-electron chi connectivity index (χ4n) is 1.75. The molecule has 0 aliphatic heterocycles. The lowest BCUT2D eigenvalue weighted by atomic mass is 10.1. The molecule has 0 saturated heterocycles. The van der Waals surface area contributed by atoms with Crippen LogP contribution in [0.4, 0.5) is 0 Å². The van der Waals surface area contributed by atoms with Crippen molar-refractivity contribution in [3.8, 4) is 0 Å². The van der Waals surface area contributed by atoms with Crippen LogP contribution in [-0.2, 0) is 6.54 Å². The van der Waals surface area contributed by atoms with E-state index in [1.54, 1.807) is 0 Å². The van der Waals surface area contributed by atoms with Crippen LogP contribution < -0.4 is 0 Å². The number of halogens is 2. The minimum atomic E-state index is 0. The molecule has 0 bridgehead atoms. The first kappa shape index (κ1) is 17.1. The Balaban J connectivity index is 0.00000256. The third-order valence-electron chi connectivity index (χ3n) is 2.79. The molecular formula is C14H23Br2N. The second kappa shape index (κ2) is 10.1. The second-order valence-electron chi connectivity index (χ2n) is 4.45. The molecule has 0 N–H and O–H groups in total. The summed E-state index contributed by atoms with van der Waals surface area (Å²) in [6.45, 7) is 6.81. The molecule has 0 aliphatic rings. The van der Waals surface area contributed by atoms with E-state index in [0.29, 0.717) is 6.04 Å². The number of alkyl halides is 1. The van der Waals surface area contributed by atoms with E-state index >= 15 is 0 Å². The Kier molecular flexibility index (Phi) is 10.2. The van der Waals surface area contributed by atoms with E-state index in [0.717, 1.165) is 11.9 Å². The maximum Gasteiger partial charge on any atom is 0.0236 e. The SMILES string of the molecule is Br.CC(C)N(CCCCBr)Cc1ccccc1. The largest absolute Gasteiger partial charge is 0.297 e. The van der Waals surface area contributed by atoms with Gasteiger partial charge in [0, 0.05) is 17.9 Å². The van der Waals surface area contributed by atoms with Gasteiger partial charge in [0.15, 0.2) is 0 Å². The summed E-state index contributed by atoms with van der Waals surface area (Å²) in [6, 6.07) is 11.3. The van der Waals surface area contributed by atoms with Gasteiger partial charge in [0.1, 0.15) is 0 Å². The molecule has 0 amide bonds. The molecule has 1 aromatic carbocycles. The van der Waals surface area contributed by atoms with Crippen molar-refractivity contribution in [2.75, 3.05) is 11.9 Å². The molecule has 0 fully saturated rings. The highest BCUT2D eigenvalue weighted by Gasteiger charge is 2.09. The van der Waals surface area contributed by atoms with Crippen molar-refractivity contribution in [1.82, 2.24) is 4.90 Å². The van der Waals surface area contributed by atoms with Gasteiger partial charge >= 0.3 is 0 Å². The van der Waals surface area contributed by atoms with E-state index < -0.39 is 0 Å². The van der Waals surface area contributed by atoms with Crippen LogP contribution in [0.15, 0.2) is 30.3 Å². The molecule has 1 nitrogen and oxygen atoms in total. The Hall–Kier alpha value is 0.140. The van der Waals surface area contributed by atoms with Gasteiger partial charge in [-0.25, -0.2) is 0 Å². The highest BCUT2D eigenvalue weighted by molar-refractivity contribution is 9.09. The molecule has 0 unspecified atom stereocenters. The van der Waals surface area contributed by atoms with Crippen molar-refractivity contribution in [1.29, 1.82) is 0 Å². The topological polar surface area (TPSA) is 3.24 Å². The van der Waals surface area contributed by atoms with Gasteiger partial charge in [-0.3, -0.25) is 4.90 Å². The molecule has 17 heavy (non-hydrogen) atoms.